The van der Waals surface area contributed by atoms with Crippen LogP contribution in [-0.2, 0) is 6.42 Å². The van der Waals surface area contributed by atoms with Gasteiger partial charge in [0.2, 0.25) is 0 Å². The molecule has 0 fully saturated rings. The summed E-state index contributed by atoms with van der Waals surface area (Å²) in [6.45, 7) is 4.19. The van der Waals surface area contributed by atoms with E-state index in [1.165, 1.54) is 29.5 Å². The second kappa shape index (κ2) is 7.30. The van der Waals surface area contributed by atoms with Crippen LogP contribution < -0.4 is 0 Å². The van der Waals surface area contributed by atoms with Crippen molar-refractivity contribution in [2.75, 3.05) is 5.33 Å². The summed E-state index contributed by atoms with van der Waals surface area (Å²) in [6, 6.07) is 19.1. The fourth-order valence-electron chi connectivity index (χ4n) is 2.10. The molecule has 2 rings (SSSR count). The first-order valence-corrected chi connectivity index (χ1v) is 7.83. The van der Waals surface area contributed by atoms with Crippen molar-refractivity contribution in [2.45, 2.75) is 19.3 Å². The minimum Gasteiger partial charge on any atom is -0.0928 e. The molecule has 0 unspecified atom stereocenters. The number of unbranched alkanes of at least 4 members (excludes halogenated alkanes) is 1. The summed E-state index contributed by atoms with van der Waals surface area (Å²) in [7, 11) is 0. The van der Waals surface area contributed by atoms with Gasteiger partial charge in [0, 0.05) is 5.33 Å². The lowest BCUT2D eigenvalue weighted by Gasteiger charge is -2.07. The molecule has 0 aliphatic heterocycles. The van der Waals surface area contributed by atoms with Crippen LogP contribution in [0.4, 0.5) is 0 Å². The number of alkyl halides is 1. The zero-order chi connectivity index (χ0) is 13.5. The van der Waals surface area contributed by atoms with Crippen molar-refractivity contribution < 1.29 is 0 Å². The first kappa shape index (κ1) is 14.1. The quantitative estimate of drug-likeness (QED) is 0.490. The van der Waals surface area contributed by atoms with Crippen LogP contribution in [0.3, 0.4) is 0 Å². The summed E-state index contributed by atoms with van der Waals surface area (Å²) in [5.41, 5.74) is 4.89. The minimum atomic E-state index is 1.09. The van der Waals surface area contributed by atoms with E-state index >= 15 is 0 Å². The highest BCUT2D eigenvalue weighted by atomic mass is 79.9. The lowest BCUT2D eigenvalue weighted by Crippen LogP contribution is -1.89. The zero-order valence-corrected chi connectivity index (χ0v) is 12.7. The van der Waals surface area contributed by atoms with Crippen LogP contribution in [0, 0.1) is 0 Å². The largest absolute Gasteiger partial charge is 0.0928 e. The van der Waals surface area contributed by atoms with Crippen molar-refractivity contribution >= 4 is 21.5 Å². The van der Waals surface area contributed by atoms with Crippen LogP contribution in [-0.4, -0.2) is 5.33 Å². The second-order valence-corrected chi connectivity index (χ2v) is 5.48. The van der Waals surface area contributed by atoms with Crippen molar-refractivity contribution in [2.24, 2.45) is 0 Å². The summed E-state index contributed by atoms with van der Waals surface area (Å²) < 4.78 is 0. The Morgan fingerprint density at radius 3 is 2.11 bits per heavy atom. The van der Waals surface area contributed by atoms with E-state index in [1.54, 1.807) is 0 Å². The fraction of sp³-hybridized carbons (Fsp3) is 0.222. The third-order valence-electron chi connectivity index (χ3n) is 3.27. The summed E-state index contributed by atoms with van der Waals surface area (Å²) in [5.74, 6) is 0. The molecule has 98 valence electrons. The van der Waals surface area contributed by atoms with E-state index in [-0.39, 0.29) is 0 Å². The van der Waals surface area contributed by atoms with Gasteiger partial charge in [-0.1, -0.05) is 77.1 Å². The summed E-state index contributed by atoms with van der Waals surface area (Å²) >= 11 is 3.47. The van der Waals surface area contributed by atoms with E-state index in [2.05, 4.69) is 71.0 Å². The highest BCUT2D eigenvalue weighted by Gasteiger charge is 2.01. The molecule has 2 aromatic carbocycles. The molecule has 0 N–H and O–H groups in total. The van der Waals surface area contributed by atoms with E-state index in [4.69, 9.17) is 0 Å². The number of aryl methyl sites for hydroxylation is 1. The topological polar surface area (TPSA) is 0 Å². The van der Waals surface area contributed by atoms with Gasteiger partial charge in [-0.3, -0.25) is 0 Å². The highest BCUT2D eigenvalue weighted by Crippen LogP contribution is 2.21. The van der Waals surface area contributed by atoms with Gasteiger partial charge in [-0.2, -0.15) is 0 Å². The Balaban J connectivity index is 2.04. The van der Waals surface area contributed by atoms with E-state index in [9.17, 15) is 0 Å². The van der Waals surface area contributed by atoms with Gasteiger partial charge in [0.1, 0.15) is 0 Å². The van der Waals surface area contributed by atoms with Crippen molar-refractivity contribution in [3.8, 4) is 0 Å². The first-order valence-electron chi connectivity index (χ1n) is 6.71. The van der Waals surface area contributed by atoms with Gasteiger partial charge in [0.05, 0.1) is 0 Å². The fourth-order valence-corrected chi connectivity index (χ4v) is 2.50. The van der Waals surface area contributed by atoms with E-state index < -0.39 is 0 Å². The van der Waals surface area contributed by atoms with Crippen molar-refractivity contribution in [1.82, 2.24) is 0 Å². The van der Waals surface area contributed by atoms with Crippen LogP contribution in [0.1, 0.15) is 29.5 Å². The van der Waals surface area contributed by atoms with Gasteiger partial charge < -0.3 is 0 Å². The highest BCUT2D eigenvalue weighted by molar-refractivity contribution is 9.09. The predicted octanol–water partition coefficient (Wildman–Crippen LogP) is 5.47. The summed E-state index contributed by atoms with van der Waals surface area (Å²) in [6.07, 6.45) is 3.63. The molecular weight excluding hydrogens is 296 g/mol. The predicted molar refractivity (Wildman–Crippen MR) is 87.8 cm³/mol. The average Bonchev–Trinajstić information content (AvgIpc) is 2.48. The second-order valence-electron chi connectivity index (χ2n) is 4.69. The van der Waals surface area contributed by atoms with E-state index in [1.807, 2.05) is 6.07 Å². The van der Waals surface area contributed by atoms with Crippen LogP contribution in [0.2, 0.25) is 0 Å². The van der Waals surface area contributed by atoms with E-state index in [0.29, 0.717) is 0 Å². The Bertz CT molecular complexity index is 511. The molecule has 0 aromatic heterocycles. The van der Waals surface area contributed by atoms with Crippen molar-refractivity contribution in [1.29, 1.82) is 0 Å². The molecular formula is C18H19Br. The number of halogens is 1. The van der Waals surface area contributed by atoms with E-state index in [0.717, 1.165) is 17.3 Å². The summed E-state index contributed by atoms with van der Waals surface area (Å²) in [4.78, 5) is 0. The van der Waals surface area contributed by atoms with Gasteiger partial charge >= 0.3 is 0 Å². The normalized spacial score (nSPS) is 10.4. The monoisotopic (exact) mass is 314 g/mol. The molecule has 0 saturated carbocycles. The molecule has 0 aliphatic carbocycles. The number of hydrogen-bond donors (Lipinski definition) is 0. The standard InChI is InChI=1S/C18H19Br/c1-15(17-8-3-2-4-9-17)18-12-10-16(11-13-18)7-5-6-14-19/h2-4,8-13H,1,5-7,14H2. The lowest BCUT2D eigenvalue weighted by atomic mass is 9.98. The number of benzene rings is 2. The third kappa shape index (κ3) is 4.07. The van der Waals surface area contributed by atoms with Gasteiger partial charge in [-0.25, -0.2) is 0 Å². The molecule has 0 heterocycles. The molecule has 0 bridgehead atoms. The molecule has 1 heteroatoms. The Labute approximate surface area is 124 Å². The molecule has 0 aliphatic rings. The van der Waals surface area contributed by atoms with Gasteiger partial charge in [-0.15, -0.1) is 0 Å². The van der Waals surface area contributed by atoms with Crippen LogP contribution in [0.15, 0.2) is 61.2 Å². The molecule has 0 spiro atoms. The SMILES string of the molecule is C=C(c1ccccc1)c1ccc(CCCCBr)cc1. The number of rotatable bonds is 6. The molecule has 0 radical (unpaired) electrons. The Morgan fingerprint density at radius 1 is 0.842 bits per heavy atom. The first-order chi connectivity index (χ1) is 9.31. The van der Waals surface area contributed by atoms with Crippen LogP contribution >= 0.6 is 15.9 Å². The zero-order valence-electron chi connectivity index (χ0n) is 11.1. The minimum absolute atomic E-state index is 1.09. The van der Waals surface area contributed by atoms with Gasteiger partial charge in [0.15, 0.2) is 0 Å². The molecule has 0 nitrogen and oxygen atoms in total. The van der Waals surface area contributed by atoms with Gasteiger partial charge in [0.25, 0.3) is 0 Å². The molecule has 0 atom stereocenters. The maximum atomic E-state index is 4.19. The van der Waals surface area contributed by atoms with Crippen LogP contribution in [0.5, 0.6) is 0 Å². The smallest absolute Gasteiger partial charge is 0.00314 e. The Morgan fingerprint density at radius 2 is 1.47 bits per heavy atom. The van der Waals surface area contributed by atoms with Crippen molar-refractivity contribution in [3.05, 3.63) is 77.9 Å². The molecule has 2 aromatic rings. The summed E-state index contributed by atoms with van der Waals surface area (Å²) in [5, 5.41) is 1.09. The van der Waals surface area contributed by atoms with Crippen LogP contribution in [0.25, 0.3) is 5.57 Å². The molecule has 19 heavy (non-hydrogen) atoms. The van der Waals surface area contributed by atoms with Gasteiger partial charge in [-0.05, 0) is 41.5 Å². The molecule has 0 saturated heterocycles. The molecule has 0 amide bonds. The Hall–Kier alpha value is -1.34. The lowest BCUT2D eigenvalue weighted by molar-refractivity contribution is 0.806. The Kier molecular flexibility index (Phi) is 5.41. The van der Waals surface area contributed by atoms with Crippen molar-refractivity contribution in [3.63, 3.8) is 0 Å². The third-order valence-corrected chi connectivity index (χ3v) is 3.83. The average molecular weight is 315 g/mol. The number of hydrogen-bond acceptors (Lipinski definition) is 0. The maximum Gasteiger partial charge on any atom is 0.00314 e. The maximum absolute atomic E-state index is 4.19.